The molecule has 0 radical (unpaired) electrons. The van der Waals surface area contributed by atoms with Gasteiger partial charge in [0.25, 0.3) is 0 Å². The Morgan fingerprint density at radius 3 is 2.52 bits per heavy atom. The zero-order chi connectivity index (χ0) is 21.4. The lowest BCUT2D eigenvalue weighted by molar-refractivity contribution is -0.00303. The lowest BCUT2D eigenvalue weighted by atomic mass is 10.0. The van der Waals surface area contributed by atoms with Crippen molar-refractivity contribution in [2.75, 3.05) is 31.6 Å². The number of hydrogen-bond acceptors (Lipinski definition) is 5. The third kappa shape index (κ3) is 4.55. The molecule has 2 aliphatic heterocycles. The summed E-state index contributed by atoms with van der Waals surface area (Å²) in [4.78, 5) is 2.56. The van der Waals surface area contributed by atoms with Gasteiger partial charge in [0.15, 0.2) is 11.6 Å². The molecule has 1 N–H and O–H groups in total. The van der Waals surface area contributed by atoms with Crippen LogP contribution in [0.1, 0.15) is 32.1 Å². The van der Waals surface area contributed by atoms with Crippen LogP contribution in [0.3, 0.4) is 0 Å². The Morgan fingerprint density at radius 2 is 1.84 bits per heavy atom. The normalized spacial score (nSPS) is 28.6. The van der Waals surface area contributed by atoms with Crippen LogP contribution in [-0.2, 0) is 4.74 Å². The highest BCUT2D eigenvalue weighted by molar-refractivity contribution is 5.60. The van der Waals surface area contributed by atoms with E-state index in [9.17, 15) is 13.2 Å². The molecule has 0 bridgehead atoms. The Morgan fingerprint density at radius 1 is 1.03 bits per heavy atom. The fraction of sp³-hybridized carbons (Fsp3) is 0.565. The molecule has 3 heterocycles. The van der Waals surface area contributed by atoms with E-state index in [1.807, 2.05) is 0 Å². The van der Waals surface area contributed by atoms with Gasteiger partial charge in [0.2, 0.25) is 0 Å². The monoisotopic (exact) mass is 432 g/mol. The van der Waals surface area contributed by atoms with Gasteiger partial charge in [0.1, 0.15) is 11.6 Å². The summed E-state index contributed by atoms with van der Waals surface area (Å²) in [7, 11) is 0. The number of aromatic nitrogens is 2. The number of ether oxygens (including phenoxy) is 1. The molecular weight excluding hydrogens is 405 g/mol. The van der Waals surface area contributed by atoms with Gasteiger partial charge >= 0.3 is 0 Å². The number of nitrogens with zero attached hydrogens (tertiary/aromatic N) is 3. The molecule has 8 heteroatoms. The minimum atomic E-state index is -1.24. The van der Waals surface area contributed by atoms with Crippen LogP contribution in [0.25, 0.3) is 11.3 Å². The standard InChI is InChI=1S/C23H27F3N4O/c24-16-9-19(23(26)20(25)10-16)21-4-5-22(29-28-21)27-17-7-14-11-30(12-15(14)8-17)13-18-3-1-2-6-31-18/h4-5,9-10,14-15,17-18H,1-3,6-8,11-13H2,(H,27,29)/t14-,15+,17+,18?. The minimum Gasteiger partial charge on any atom is -0.377 e. The number of fused-ring (bicyclic) bond motifs is 1. The lowest BCUT2D eigenvalue weighted by Crippen LogP contribution is -2.35. The van der Waals surface area contributed by atoms with E-state index in [0.29, 0.717) is 35.9 Å². The summed E-state index contributed by atoms with van der Waals surface area (Å²) in [5.41, 5.74) is -0.126. The number of halogens is 3. The first-order valence-electron chi connectivity index (χ1n) is 11.1. The topological polar surface area (TPSA) is 50.3 Å². The van der Waals surface area contributed by atoms with E-state index >= 15 is 0 Å². The van der Waals surface area contributed by atoms with Gasteiger partial charge < -0.3 is 15.0 Å². The van der Waals surface area contributed by atoms with E-state index < -0.39 is 17.5 Å². The van der Waals surface area contributed by atoms with E-state index in [1.54, 1.807) is 6.07 Å². The third-order valence-corrected chi connectivity index (χ3v) is 6.85. The van der Waals surface area contributed by atoms with Crippen LogP contribution < -0.4 is 5.32 Å². The van der Waals surface area contributed by atoms with Crippen LogP contribution in [0.15, 0.2) is 24.3 Å². The molecule has 3 aliphatic rings. The fourth-order valence-electron chi connectivity index (χ4n) is 5.41. The molecule has 1 unspecified atom stereocenters. The van der Waals surface area contributed by atoms with Crippen LogP contribution in [0.5, 0.6) is 0 Å². The Bertz CT molecular complexity index is 906. The first-order chi connectivity index (χ1) is 15.0. The van der Waals surface area contributed by atoms with E-state index in [2.05, 4.69) is 20.4 Å². The maximum absolute atomic E-state index is 14.0. The Balaban J connectivity index is 1.16. The average molecular weight is 432 g/mol. The molecule has 1 aromatic carbocycles. The molecule has 166 valence electrons. The largest absolute Gasteiger partial charge is 0.377 e. The van der Waals surface area contributed by atoms with Crippen molar-refractivity contribution in [1.82, 2.24) is 15.1 Å². The van der Waals surface area contributed by atoms with Crippen LogP contribution in [0.2, 0.25) is 0 Å². The Hall–Kier alpha value is -2.19. The molecule has 1 saturated carbocycles. The van der Waals surface area contributed by atoms with Crippen LogP contribution >= 0.6 is 0 Å². The second-order valence-corrected chi connectivity index (χ2v) is 9.09. The van der Waals surface area contributed by atoms with Gasteiger partial charge in [-0.3, -0.25) is 0 Å². The maximum atomic E-state index is 14.0. The molecule has 4 atom stereocenters. The molecule has 0 amide bonds. The highest BCUT2D eigenvalue weighted by Gasteiger charge is 2.41. The van der Waals surface area contributed by atoms with Gasteiger partial charge in [-0.05, 0) is 62.1 Å². The molecule has 31 heavy (non-hydrogen) atoms. The number of likely N-dealkylation sites (tertiary alicyclic amines) is 1. The highest BCUT2D eigenvalue weighted by atomic mass is 19.2. The molecule has 2 saturated heterocycles. The number of benzene rings is 1. The zero-order valence-electron chi connectivity index (χ0n) is 17.4. The molecule has 1 aromatic heterocycles. The van der Waals surface area contributed by atoms with Crippen molar-refractivity contribution in [3.63, 3.8) is 0 Å². The van der Waals surface area contributed by atoms with Crippen molar-refractivity contribution in [1.29, 1.82) is 0 Å². The van der Waals surface area contributed by atoms with Gasteiger partial charge in [-0.15, -0.1) is 10.2 Å². The summed E-state index contributed by atoms with van der Waals surface area (Å²) in [5.74, 6) is -1.25. The fourth-order valence-corrected chi connectivity index (χ4v) is 5.41. The number of nitrogens with one attached hydrogen (secondary N) is 1. The van der Waals surface area contributed by atoms with Crippen molar-refractivity contribution in [3.05, 3.63) is 41.7 Å². The highest BCUT2D eigenvalue weighted by Crippen LogP contribution is 2.39. The Kier molecular flexibility index (Phi) is 5.84. The van der Waals surface area contributed by atoms with Crippen LogP contribution in [0, 0.1) is 29.3 Å². The van der Waals surface area contributed by atoms with Gasteiger partial charge in [-0.2, -0.15) is 0 Å². The molecule has 2 aromatic rings. The van der Waals surface area contributed by atoms with E-state index in [-0.39, 0.29) is 11.3 Å². The van der Waals surface area contributed by atoms with Crippen molar-refractivity contribution in [2.45, 2.75) is 44.2 Å². The summed E-state index contributed by atoms with van der Waals surface area (Å²) in [6.45, 7) is 4.20. The number of hydrogen-bond donors (Lipinski definition) is 1. The first-order valence-corrected chi connectivity index (χ1v) is 11.1. The van der Waals surface area contributed by atoms with Crippen LogP contribution in [-0.4, -0.2) is 53.5 Å². The number of anilines is 1. The summed E-state index contributed by atoms with van der Waals surface area (Å²) in [6, 6.07) is 4.99. The average Bonchev–Trinajstić information content (AvgIpc) is 3.30. The smallest absolute Gasteiger partial charge is 0.168 e. The van der Waals surface area contributed by atoms with Gasteiger partial charge in [0, 0.05) is 43.9 Å². The first kappa shape index (κ1) is 20.7. The quantitative estimate of drug-likeness (QED) is 0.716. The number of rotatable bonds is 5. The van der Waals surface area contributed by atoms with E-state index in [1.165, 1.54) is 25.3 Å². The molecule has 1 aliphatic carbocycles. The SMILES string of the molecule is Fc1cc(F)c(F)c(-c2ccc(N[C@H]3C[C@@H]4CN(CC5CCCCO5)C[C@@H]4C3)nn2)c1. The van der Waals surface area contributed by atoms with Crippen LogP contribution in [0.4, 0.5) is 19.0 Å². The second kappa shape index (κ2) is 8.74. The van der Waals surface area contributed by atoms with E-state index in [4.69, 9.17) is 4.74 Å². The Labute approximate surface area is 180 Å². The second-order valence-electron chi connectivity index (χ2n) is 9.09. The van der Waals surface area contributed by atoms with Gasteiger partial charge in [-0.25, -0.2) is 13.2 Å². The van der Waals surface area contributed by atoms with E-state index in [0.717, 1.165) is 45.1 Å². The molecule has 5 rings (SSSR count). The van der Waals surface area contributed by atoms with Crippen molar-refractivity contribution in [2.24, 2.45) is 11.8 Å². The van der Waals surface area contributed by atoms with Gasteiger partial charge in [0.05, 0.1) is 11.8 Å². The third-order valence-electron chi connectivity index (χ3n) is 6.85. The predicted octanol–water partition coefficient (Wildman–Crippen LogP) is 4.25. The minimum absolute atomic E-state index is 0.102. The maximum Gasteiger partial charge on any atom is 0.168 e. The van der Waals surface area contributed by atoms with Crippen molar-refractivity contribution < 1.29 is 17.9 Å². The summed E-state index contributed by atoms with van der Waals surface area (Å²) < 4.78 is 46.8. The molecule has 3 fully saturated rings. The molecular formula is C23H27F3N4O. The molecule has 5 nitrogen and oxygen atoms in total. The van der Waals surface area contributed by atoms with Crippen molar-refractivity contribution in [3.8, 4) is 11.3 Å². The summed E-state index contributed by atoms with van der Waals surface area (Å²) in [6.07, 6.45) is 6.20. The van der Waals surface area contributed by atoms with Crippen molar-refractivity contribution >= 4 is 5.82 Å². The predicted molar refractivity (Wildman–Crippen MR) is 111 cm³/mol. The lowest BCUT2D eigenvalue weighted by Gasteiger charge is -2.28. The molecule has 0 spiro atoms. The zero-order valence-corrected chi connectivity index (χ0v) is 17.4. The summed E-state index contributed by atoms with van der Waals surface area (Å²) >= 11 is 0. The summed E-state index contributed by atoms with van der Waals surface area (Å²) in [5, 5.41) is 11.5. The van der Waals surface area contributed by atoms with Gasteiger partial charge in [-0.1, -0.05) is 0 Å².